The van der Waals surface area contributed by atoms with Crippen molar-refractivity contribution in [2.24, 2.45) is 41.4 Å². The van der Waals surface area contributed by atoms with Crippen LogP contribution in [-0.4, -0.2) is 24.6 Å². The minimum absolute atomic E-state index is 0.0684. The second-order valence-electron chi connectivity index (χ2n) is 9.75. The van der Waals surface area contributed by atoms with Crippen molar-refractivity contribution in [2.45, 2.75) is 70.8 Å². The summed E-state index contributed by atoms with van der Waals surface area (Å²) in [5.41, 5.74) is 1.07. The lowest BCUT2D eigenvalue weighted by Gasteiger charge is -2.52. The van der Waals surface area contributed by atoms with Crippen LogP contribution in [0.5, 0.6) is 0 Å². The molecule has 5 rings (SSSR count). The maximum absolute atomic E-state index is 11.8. The summed E-state index contributed by atoms with van der Waals surface area (Å²) < 4.78 is 11.0. The van der Waals surface area contributed by atoms with Gasteiger partial charge in [-0.2, -0.15) is 0 Å². The van der Waals surface area contributed by atoms with Crippen LogP contribution in [0.1, 0.15) is 64.7 Å². The summed E-state index contributed by atoms with van der Waals surface area (Å²) >= 11 is 0. The first-order valence-electron chi connectivity index (χ1n) is 11.2. The Hall–Kier alpha value is -1.32. The Balaban J connectivity index is 1.41. The predicted molar refractivity (Wildman–Crippen MR) is 101 cm³/mol. The van der Waals surface area contributed by atoms with E-state index < -0.39 is 0 Å². The first kappa shape index (κ1) is 17.8. The standard InChI is InChI=1S/C23H32O4/c1-13(24)27-21-11-20-18-7-6-14-4-2-3-5-16(14)17(18)8-9-19(20)23(21)15-10-22(25)26-12-15/h10,14,16-21,23H,2-9,11-12H2,1H3. The Labute approximate surface area is 162 Å². The second kappa shape index (κ2) is 6.93. The van der Waals surface area contributed by atoms with Gasteiger partial charge in [0.05, 0.1) is 0 Å². The molecule has 1 heterocycles. The zero-order chi connectivity index (χ0) is 18.5. The largest absolute Gasteiger partial charge is 0.462 e. The molecule has 4 fully saturated rings. The van der Waals surface area contributed by atoms with E-state index in [1.807, 2.05) is 0 Å². The molecule has 4 heteroatoms. The molecule has 148 valence electrons. The molecule has 0 amide bonds. The Morgan fingerprint density at radius 2 is 1.70 bits per heavy atom. The van der Waals surface area contributed by atoms with Crippen molar-refractivity contribution in [1.82, 2.24) is 0 Å². The van der Waals surface area contributed by atoms with E-state index in [0.29, 0.717) is 18.4 Å². The summed E-state index contributed by atoms with van der Waals surface area (Å²) in [6.07, 6.45) is 13.7. The summed E-state index contributed by atoms with van der Waals surface area (Å²) in [5, 5.41) is 0. The van der Waals surface area contributed by atoms with E-state index in [0.717, 1.165) is 35.7 Å². The first-order chi connectivity index (χ1) is 13.1. The fraction of sp³-hybridized carbons (Fsp3) is 0.826. The summed E-state index contributed by atoms with van der Waals surface area (Å²) in [4.78, 5) is 23.4. The van der Waals surface area contributed by atoms with Crippen molar-refractivity contribution in [1.29, 1.82) is 0 Å². The van der Waals surface area contributed by atoms with Crippen molar-refractivity contribution >= 4 is 11.9 Å². The van der Waals surface area contributed by atoms with Crippen LogP contribution in [0.3, 0.4) is 0 Å². The molecule has 1 aliphatic heterocycles. The van der Waals surface area contributed by atoms with Gasteiger partial charge in [0, 0.05) is 18.9 Å². The number of esters is 2. The maximum Gasteiger partial charge on any atom is 0.331 e. The highest BCUT2D eigenvalue weighted by Crippen LogP contribution is 2.60. The number of fused-ring (bicyclic) bond motifs is 5. The normalized spacial score (nSPS) is 46.0. The number of ether oxygens (including phenoxy) is 2. The number of cyclic esters (lactones) is 1. The van der Waals surface area contributed by atoms with Crippen LogP contribution in [0.25, 0.3) is 0 Å². The van der Waals surface area contributed by atoms with E-state index >= 15 is 0 Å². The van der Waals surface area contributed by atoms with Crippen LogP contribution < -0.4 is 0 Å². The number of hydrogen-bond donors (Lipinski definition) is 0. The van der Waals surface area contributed by atoms with Crippen LogP contribution in [0, 0.1) is 41.4 Å². The molecule has 4 aliphatic carbocycles. The number of carbonyl (C=O) groups is 2. The van der Waals surface area contributed by atoms with Crippen LogP contribution >= 0.6 is 0 Å². The Bertz CT molecular complexity index is 653. The molecule has 5 aliphatic rings. The van der Waals surface area contributed by atoms with Gasteiger partial charge in [0.25, 0.3) is 0 Å². The topological polar surface area (TPSA) is 52.6 Å². The summed E-state index contributed by atoms with van der Waals surface area (Å²) in [6, 6.07) is 0. The van der Waals surface area contributed by atoms with Crippen LogP contribution in [0.4, 0.5) is 0 Å². The van der Waals surface area contributed by atoms with E-state index in [-0.39, 0.29) is 24.0 Å². The van der Waals surface area contributed by atoms with Crippen molar-refractivity contribution < 1.29 is 19.1 Å². The molecule has 0 saturated heterocycles. The SMILES string of the molecule is CC(=O)OC1CC2C3CCC4CCCCC4C3CCC2C1C1=CC(=O)OC1. The lowest BCUT2D eigenvalue weighted by atomic mass is 9.53. The molecule has 0 spiro atoms. The molecular formula is C23H32O4. The van der Waals surface area contributed by atoms with Gasteiger partial charge in [0.2, 0.25) is 0 Å². The molecular weight excluding hydrogens is 340 g/mol. The molecule has 0 N–H and O–H groups in total. The Kier molecular flexibility index (Phi) is 4.56. The zero-order valence-corrected chi connectivity index (χ0v) is 16.4. The average Bonchev–Trinajstić information content (AvgIpc) is 3.23. The van der Waals surface area contributed by atoms with Gasteiger partial charge in [-0.15, -0.1) is 0 Å². The second-order valence-corrected chi connectivity index (χ2v) is 9.75. The molecule has 27 heavy (non-hydrogen) atoms. The minimum atomic E-state index is -0.230. The van der Waals surface area contributed by atoms with Crippen molar-refractivity contribution in [3.05, 3.63) is 11.6 Å². The van der Waals surface area contributed by atoms with Gasteiger partial charge < -0.3 is 9.47 Å². The zero-order valence-electron chi connectivity index (χ0n) is 16.4. The van der Waals surface area contributed by atoms with E-state index in [4.69, 9.17) is 9.47 Å². The first-order valence-corrected chi connectivity index (χ1v) is 11.2. The van der Waals surface area contributed by atoms with Crippen LogP contribution in [-0.2, 0) is 19.1 Å². The summed E-state index contributed by atoms with van der Waals surface area (Å²) in [6.45, 7) is 1.91. The van der Waals surface area contributed by atoms with Crippen molar-refractivity contribution in [3.63, 3.8) is 0 Å². The van der Waals surface area contributed by atoms with E-state index in [1.54, 1.807) is 6.08 Å². The molecule has 0 radical (unpaired) electrons. The molecule has 0 aromatic heterocycles. The molecule has 0 aromatic carbocycles. The fourth-order valence-corrected chi connectivity index (χ4v) is 7.89. The highest BCUT2D eigenvalue weighted by Gasteiger charge is 2.55. The minimum Gasteiger partial charge on any atom is -0.462 e. The monoisotopic (exact) mass is 372 g/mol. The summed E-state index contributed by atoms with van der Waals surface area (Å²) in [7, 11) is 0. The van der Waals surface area contributed by atoms with Gasteiger partial charge in [0.1, 0.15) is 12.7 Å². The lowest BCUT2D eigenvalue weighted by Crippen LogP contribution is -2.44. The van der Waals surface area contributed by atoms with Crippen LogP contribution in [0.2, 0.25) is 0 Å². The smallest absolute Gasteiger partial charge is 0.331 e. The Morgan fingerprint density at radius 3 is 2.48 bits per heavy atom. The van der Waals surface area contributed by atoms with E-state index in [2.05, 4.69) is 0 Å². The quantitative estimate of drug-likeness (QED) is 0.679. The Morgan fingerprint density at radius 1 is 0.963 bits per heavy atom. The molecule has 4 saturated carbocycles. The lowest BCUT2D eigenvalue weighted by molar-refractivity contribution is -0.148. The number of rotatable bonds is 2. The van der Waals surface area contributed by atoms with E-state index in [9.17, 15) is 9.59 Å². The van der Waals surface area contributed by atoms with Gasteiger partial charge in [-0.3, -0.25) is 4.79 Å². The van der Waals surface area contributed by atoms with Crippen LogP contribution in [0.15, 0.2) is 11.6 Å². The third kappa shape index (κ3) is 3.03. The average molecular weight is 373 g/mol. The maximum atomic E-state index is 11.8. The molecule has 0 bridgehead atoms. The van der Waals surface area contributed by atoms with Gasteiger partial charge in [-0.25, -0.2) is 4.79 Å². The third-order valence-electron chi connectivity index (χ3n) is 8.67. The van der Waals surface area contributed by atoms with Gasteiger partial charge in [-0.1, -0.05) is 19.3 Å². The van der Waals surface area contributed by atoms with Gasteiger partial charge >= 0.3 is 11.9 Å². The van der Waals surface area contributed by atoms with E-state index in [1.165, 1.54) is 58.3 Å². The van der Waals surface area contributed by atoms with Gasteiger partial charge in [-0.05, 0) is 79.6 Å². The molecule has 0 aromatic rings. The summed E-state index contributed by atoms with van der Waals surface area (Å²) in [5.74, 6) is 4.57. The van der Waals surface area contributed by atoms with Crippen molar-refractivity contribution in [2.75, 3.05) is 6.61 Å². The van der Waals surface area contributed by atoms with Gasteiger partial charge in [0.15, 0.2) is 0 Å². The van der Waals surface area contributed by atoms with Crippen molar-refractivity contribution in [3.8, 4) is 0 Å². The number of hydrogen-bond acceptors (Lipinski definition) is 4. The predicted octanol–water partition coefficient (Wildman–Crippen LogP) is 4.28. The highest BCUT2D eigenvalue weighted by molar-refractivity contribution is 5.85. The highest BCUT2D eigenvalue weighted by atomic mass is 16.5. The molecule has 8 atom stereocenters. The molecule has 4 nitrogen and oxygen atoms in total. The third-order valence-corrected chi connectivity index (χ3v) is 8.67. The number of carbonyl (C=O) groups excluding carboxylic acids is 2. The molecule has 8 unspecified atom stereocenters. The fourth-order valence-electron chi connectivity index (χ4n) is 7.89.